The Labute approximate surface area is 164 Å². The van der Waals surface area contributed by atoms with Gasteiger partial charge >= 0.3 is 5.51 Å². The molecule has 3 aromatic heterocycles. The highest BCUT2D eigenvalue weighted by Gasteiger charge is 2.31. The van der Waals surface area contributed by atoms with E-state index >= 15 is 0 Å². The van der Waals surface area contributed by atoms with Gasteiger partial charge in [-0.2, -0.15) is 13.2 Å². The zero-order chi connectivity index (χ0) is 20.0. The minimum Gasteiger partial charge on any atom is -0.309 e. The molecule has 0 atom stereocenters. The fourth-order valence-electron chi connectivity index (χ4n) is 2.33. The number of halogens is 4. The maximum Gasteiger partial charge on any atom is 0.447 e. The number of hydrogen-bond donors (Lipinski definition) is 0. The van der Waals surface area contributed by atoms with Crippen LogP contribution in [0.2, 0.25) is 0 Å². The Kier molecular flexibility index (Phi) is 5.20. The molecule has 0 aromatic carbocycles. The molecule has 13 heteroatoms. The lowest BCUT2D eigenvalue weighted by Gasteiger charge is -2.09. The van der Waals surface area contributed by atoms with Crippen molar-refractivity contribution in [3.8, 4) is 11.5 Å². The van der Waals surface area contributed by atoms with E-state index in [4.69, 9.17) is 0 Å². The molecule has 144 valence electrons. The van der Waals surface area contributed by atoms with Crippen molar-refractivity contribution in [1.82, 2.24) is 24.7 Å². The van der Waals surface area contributed by atoms with Crippen LogP contribution in [0.25, 0.3) is 22.7 Å². The van der Waals surface area contributed by atoms with Crippen LogP contribution in [0.3, 0.4) is 0 Å². The monoisotopic (exact) mass is 481 g/mol. The van der Waals surface area contributed by atoms with Gasteiger partial charge < -0.3 is 4.57 Å². The summed E-state index contributed by atoms with van der Waals surface area (Å²) < 4.78 is 64.4. The summed E-state index contributed by atoms with van der Waals surface area (Å²) >= 11 is 2.79. The Morgan fingerprint density at radius 3 is 2.59 bits per heavy atom. The predicted molar refractivity (Wildman–Crippen MR) is 96.9 cm³/mol. The highest BCUT2D eigenvalue weighted by molar-refractivity contribution is 9.10. The van der Waals surface area contributed by atoms with Crippen LogP contribution >= 0.6 is 27.7 Å². The summed E-state index contributed by atoms with van der Waals surface area (Å²) in [7, 11) is -2.06. The number of thioether (sulfide) groups is 1. The molecule has 0 saturated heterocycles. The first kappa shape index (κ1) is 20.0. The Morgan fingerprint density at radius 2 is 1.96 bits per heavy atom. The molecule has 3 aromatic rings. The van der Waals surface area contributed by atoms with Crippen molar-refractivity contribution in [3.05, 3.63) is 22.8 Å². The van der Waals surface area contributed by atoms with E-state index in [0.29, 0.717) is 4.47 Å². The van der Waals surface area contributed by atoms with E-state index in [1.165, 1.54) is 23.8 Å². The number of fused-ring (bicyclic) bond motifs is 1. The first-order valence-corrected chi connectivity index (χ1v) is 10.6. The van der Waals surface area contributed by atoms with E-state index in [1.54, 1.807) is 7.05 Å². The van der Waals surface area contributed by atoms with Crippen LogP contribution in [0.15, 0.2) is 32.7 Å². The molecule has 0 unspecified atom stereocenters. The Balaban J connectivity index is 2.20. The molecule has 0 bridgehead atoms. The maximum atomic E-state index is 12.5. The fraction of sp³-hybridized carbons (Fsp3) is 0.286. The van der Waals surface area contributed by atoms with E-state index in [9.17, 15) is 21.6 Å². The molecule has 0 aliphatic carbocycles. The summed E-state index contributed by atoms with van der Waals surface area (Å²) in [6.45, 7) is 1.50. The van der Waals surface area contributed by atoms with Crippen molar-refractivity contribution < 1.29 is 21.6 Å². The second-order valence-corrected chi connectivity index (χ2v) is 9.59. The third-order valence-corrected chi connectivity index (χ3v) is 6.38. The Hall–Kier alpha value is -1.73. The largest absolute Gasteiger partial charge is 0.447 e. The minimum atomic E-state index is -4.50. The number of aromatic nitrogens is 5. The average Bonchev–Trinajstić information content (AvgIpc) is 2.89. The van der Waals surface area contributed by atoms with E-state index in [-0.39, 0.29) is 38.4 Å². The second-order valence-electron chi connectivity index (χ2n) is 5.34. The number of alkyl halides is 3. The summed E-state index contributed by atoms with van der Waals surface area (Å²) in [6.07, 6.45) is 1.42. The van der Waals surface area contributed by atoms with Crippen LogP contribution in [0.5, 0.6) is 0 Å². The van der Waals surface area contributed by atoms with Gasteiger partial charge in [-0.25, -0.2) is 13.4 Å². The quantitative estimate of drug-likeness (QED) is 0.525. The van der Waals surface area contributed by atoms with Crippen LogP contribution in [-0.2, 0) is 16.9 Å². The molecule has 0 fully saturated rings. The first-order chi connectivity index (χ1) is 12.5. The topological polar surface area (TPSA) is 90.6 Å². The lowest BCUT2D eigenvalue weighted by molar-refractivity contribution is -0.0329. The van der Waals surface area contributed by atoms with Gasteiger partial charge in [-0.15, -0.1) is 10.2 Å². The summed E-state index contributed by atoms with van der Waals surface area (Å²) in [5.74, 6) is 0.0156. The molecule has 0 spiro atoms. The van der Waals surface area contributed by atoms with Gasteiger partial charge in [0, 0.05) is 35.5 Å². The van der Waals surface area contributed by atoms with Crippen molar-refractivity contribution in [3.63, 3.8) is 0 Å². The van der Waals surface area contributed by atoms with E-state index < -0.39 is 27.1 Å². The molecule has 3 heterocycles. The molecule has 3 rings (SSSR count). The number of sulfone groups is 1. The molecule has 0 aliphatic rings. The smallest absolute Gasteiger partial charge is 0.309 e. The van der Waals surface area contributed by atoms with Gasteiger partial charge in [0.2, 0.25) is 0 Å². The normalized spacial score (nSPS) is 12.7. The van der Waals surface area contributed by atoms with Gasteiger partial charge in [0.05, 0.1) is 10.6 Å². The number of rotatable bonds is 4. The third-order valence-electron chi connectivity index (χ3n) is 3.56. The highest BCUT2D eigenvalue weighted by Crippen LogP contribution is 2.36. The average molecular weight is 482 g/mol. The van der Waals surface area contributed by atoms with Crippen molar-refractivity contribution in [2.45, 2.75) is 22.4 Å². The molecule has 0 aliphatic heterocycles. The molecular formula is C14H11BrF3N5O2S2. The molecule has 7 nitrogen and oxygen atoms in total. The molecular weight excluding hydrogens is 471 g/mol. The summed E-state index contributed by atoms with van der Waals surface area (Å²) in [6, 6.07) is 2.56. The summed E-state index contributed by atoms with van der Waals surface area (Å²) in [5.41, 5.74) is -4.05. The van der Waals surface area contributed by atoms with Crippen LogP contribution in [0.4, 0.5) is 13.2 Å². The molecule has 0 N–H and O–H groups in total. The van der Waals surface area contributed by atoms with Gasteiger partial charge in [0.1, 0.15) is 16.2 Å². The zero-order valence-corrected chi connectivity index (χ0v) is 17.0. The van der Waals surface area contributed by atoms with Crippen molar-refractivity contribution in [2.24, 2.45) is 7.05 Å². The van der Waals surface area contributed by atoms with Crippen molar-refractivity contribution >= 4 is 48.7 Å². The van der Waals surface area contributed by atoms with Crippen LogP contribution in [0.1, 0.15) is 6.92 Å². The van der Waals surface area contributed by atoms with Gasteiger partial charge in [-0.1, -0.05) is 6.92 Å². The van der Waals surface area contributed by atoms with E-state index in [1.807, 2.05) is 0 Å². The van der Waals surface area contributed by atoms with Gasteiger partial charge in [0.25, 0.3) is 0 Å². The third kappa shape index (κ3) is 4.09. The number of aryl methyl sites for hydroxylation is 1. The van der Waals surface area contributed by atoms with Crippen LogP contribution in [-0.4, -0.2) is 44.4 Å². The molecule has 0 saturated carbocycles. The maximum absolute atomic E-state index is 12.5. The Morgan fingerprint density at radius 1 is 1.26 bits per heavy atom. The van der Waals surface area contributed by atoms with Gasteiger partial charge in [-0.05, 0) is 22.0 Å². The summed E-state index contributed by atoms with van der Waals surface area (Å²) in [4.78, 5) is 8.37. The first-order valence-electron chi connectivity index (χ1n) is 7.36. The molecule has 0 radical (unpaired) electrons. The zero-order valence-electron chi connectivity index (χ0n) is 13.8. The van der Waals surface area contributed by atoms with Gasteiger partial charge in [0.15, 0.2) is 21.3 Å². The lowest BCUT2D eigenvalue weighted by atomic mass is 10.3. The van der Waals surface area contributed by atoms with Crippen LogP contribution in [0, 0.1) is 0 Å². The van der Waals surface area contributed by atoms with Crippen LogP contribution < -0.4 is 0 Å². The number of pyridine rings is 1. The molecule has 27 heavy (non-hydrogen) atoms. The standard InChI is InChI=1S/C14H11BrF3N5O2S2/c1-3-27(24,25)9-4-7(15)6-19-11(9)13-20-8-5-10(26-14(16,17)18)21-22-12(8)23(13)2/h4-6H,3H2,1-2H3. The minimum absolute atomic E-state index is 0.0318. The predicted octanol–water partition coefficient (Wildman–Crippen LogP) is 3.59. The van der Waals surface area contributed by atoms with Crippen molar-refractivity contribution in [2.75, 3.05) is 5.75 Å². The lowest BCUT2D eigenvalue weighted by Crippen LogP contribution is -2.09. The van der Waals surface area contributed by atoms with E-state index in [0.717, 1.165) is 6.07 Å². The molecule has 0 amide bonds. The number of imidazole rings is 1. The van der Waals surface area contributed by atoms with E-state index in [2.05, 4.69) is 36.1 Å². The van der Waals surface area contributed by atoms with Gasteiger partial charge in [-0.3, -0.25) is 4.98 Å². The number of hydrogen-bond acceptors (Lipinski definition) is 7. The fourth-order valence-corrected chi connectivity index (χ4v) is 4.36. The Bertz CT molecular complexity index is 1130. The van der Waals surface area contributed by atoms with Crippen molar-refractivity contribution in [1.29, 1.82) is 0 Å². The second kappa shape index (κ2) is 7.02. The summed E-state index contributed by atoms with van der Waals surface area (Å²) in [5, 5.41) is 6.97. The SMILES string of the molecule is CCS(=O)(=O)c1cc(Br)cnc1-c1nc2cc(SC(F)(F)F)nnc2n1C. The number of nitrogens with zero attached hydrogens (tertiary/aromatic N) is 5. The highest BCUT2D eigenvalue weighted by atomic mass is 79.9.